The van der Waals surface area contributed by atoms with Gasteiger partial charge in [-0.1, -0.05) is 31.2 Å². The number of anilines is 1. The number of hydrogen-bond acceptors (Lipinski definition) is 4. The van der Waals surface area contributed by atoms with Gasteiger partial charge in [0, 0.05) is 12.1 Å². The number of unbranched alkanes of at least 4 members (excludes halogenated alkanes) is 1. The van der Waals surface area contributed by atoms with Crippen LogP contribution in [0.25, 0.3) is 10.2 Å². The van der Waals surface area contributed by atoms with Gasteiger partial charge >= 0.3 is 0 Å². The zero-order chi connectivity index (χ0) is 20.0. The fraction of sp³-hybridized carbons (Fsp3) is 0.304. The Labute approximate surface area is 171 Å². The molecule has 0 radical (unpaired) electrons. The maximum atomic E-state index is 12.1. The van der Waals surface area contributed by atoms with Crippen molar-refractivity contribution in [3.8, 4) is 0 Å². The summed E-state index contributed by atoms with van der Waals surface area (Å²) < 4.78 is 6.82. The lowest BCUT2D eigenvalue weighted by atomic mass is 10.2. The maximum Gasteiger partial charge on any atom is 0.224 e. The molecule has 28 heavy (non-hydrogen) atoms. The van der Waals surface area contributed by atoms with Crippen LogP contribution in [0, 0.1) is 0 Å². The van der Waals surface area contributed by atoms with E-state index in [2.05, 4.69) is 29.9 Å². The summed E-state index contributed by atoms with van der Waals surface area (Å²) in [4.78, 5) is 16.3. The van der Waals surface area contributed by atoms with E-state index < -0.39 is 0 Å². The molecule has 0 fully saturated rings. The lowest BCUT2D eigenvalue weighted by Crippen LogP contribution is -2.10. The largest absolute Gasteiger partial charge is 0.494 e. The fourth-order valence-electron chi connectivity index (χ4n) is 2.49. The van der Waals surface area contributed by atoms with Crippen LogP contribution >= 0.6 is 11.3 Å². The number of benzene rings is 1. The molecule has 1 N–H and O–H groups in total. The first-order chi connectivity index (χ1) is 13.7. The number of aromatic nitrogens is 1. The van der Waals surface area contributed by atoms with E-state index in [0.29, 0.717) is 19.4 Å². The predicted octanol–water partition coefficient (Wildman–Crippen LogP) is 6.40. The second kappa shape index (κ2) is 12.7. The summed E-state index contributed by atoms with van der Waals surface area (Å²) in [5.74, 6) is 0.891. The van der Waals surface area contributed by atoms with E-state index in [0.717, 1.165) is 40.9 Å². The van der Waals surface area contributed by atoms with Crippen molar-refractivity contribution in [1.82, 2.24) is 4.98 Å². The molecular weight excluding hydrogens is 368 g/mol. The van der Waals surface area contributed by atoms with Crippen molar-refractivity contribution in [2.75, 3.05) is 11.9 Å². The molecule has 0 atom stereocenters. The Hall–Kier alpha value is -2.66. The van der Waals surface area contributed by atoms with E-state index in [1.807, 2.05) is 54.1 Å². The third kappa shape index (κ3) is 7.92. The van der Waals surface area contributed by atoms with Crippen LogP contribution in [0.15, 0.2) is 72.5 Å². The normalized spacial score (nSPS) is 12.1. The first-order valence-electron chi connectivity index (χ1n) is 9.63. The minimum atomic E-state index is 0.00890. The number of nitrogens with zero attached hydrogens (tertiary/aromatic N) is 1. The molecule has 2 rings (SSSR count). The molecule has 0 saturated heterocycles. The maximum absolute atomic E-state index is 12.1. The molecule has 0 aliphatic carbocycles. The number of fused-ring (bicyclic) bond motifs is 1. The molecule has 0 spiro atoms. The summed E-state index contributed by atoms with van der Waals surface area (Å²) in [6.45, 7) is 6.49. The second-order valence-corrected chi connectivity index (χ2v) is 7.09. The summed E-state index contributed by atoms with van der Waals surface area (Å²) in [6, 6.07) is 5.77. The number of hydrogen-bond donors (Lipinski definition) is 1. The molecule has 1 aromatic heterocycles. The van der Waals surface area contributed by atoms with Gasteiger partial charge in [-0.05, 0) is 56.0 Å². The number of ether oxygens (including phenoxy) is 1. The number of thiazole rings is 1. The lowest BCUT2D eigenvalue weighted by Gasteiger charge is -2.05. The summed E-state index contributed by atoms with van der Waals surface area (Å²) in [5, 5.41) is 2.94. The Morgan fingerprint density at radius 2 is 2.21 bits per heavy atom. The van der Waals surface area contributed by atoms with Crippen LogP contribution < -0.4 is 5.32 Å². The van der Waals surface area contributed by atoms with E-state index in [9.17, 15) is 4.79 Å². The van der Waals surface area contributed by atoms with Gasteiger partial charge in [0.05, 0.1) is 22.3 Å². The topological polar surface area (TPSA) is 51.2 Å². The molecule has 0 aliphatic heterocycles. The average molecular weight is 397 g/mol. The Kier molecular flexibility index (Phi) is 9.80. The van der Waals surface area contributed by atoms with Gasteiger partial charge in [-0.25, -0.2) is 4.98 Å². The van der Waals surface area contributed by atoms with E-state index >= 15 is 0 Å². The standard InChI is InChI=1S/C23H28N2O2S/c1-3-5-10-16-27-20(11-4-2)12-8-6-7-9-13-23(26)25-19-14-15-21-22(17-19)28-18-24-21/h3,6-8,11-12,14-15,17-18H,1,4-5,9-10,13,16H2,2H3,(H,25,26)/b7-6+,12-8-,20-11+. The molecule has 2 aromatic rings. The Morgan fingerprint density at radius 3 is 3.04 bits per heavy atom. The van der Waals surface area contributed by atoms with Crippen molar-refractivity contribution in [2.24, 2.45) is 0 Å². The molecule has 4 nitrogen and oxygen atoms in total. The Morgan fingerprint density at radius 1 is 1.32 bits per heavy atom. The quantitative estimate of drug-likeness (QED) is 0.195. The first kappa shape index (κ1) is 21.6. The van der Waals surface area contributed by atoms with Crippen molar-refractivity contribution < 1.29 is 9.53 Å². The number of rotatable bonds is 12. The molecule has 1 aromatic carbocycles. The van der Waals surface area contributed by atoms with E-state index in [4.69, 9.17) is 4.74 Å². The average Bonchev–Trinajstić information content (AvgIpc) is 3.15. The summed E-state index contributed by atoms with van der Waals surface area (Å²) in [6.07, 6.45) is 15.8. The number of carbonyl (C=O) groups is 1. The zero-order valence-electron chi connectivity index (χ0n) is 16.4. The fourth-order valence-corrected chi connectivity index (χ4v) is 3.21. The van der Waals surface area contributed by atoms with Crippen molar-refractivity contribution in [2.45, 2.75) is 39.0 Å². The number of nitrogens with one attached hydrogen (secondary N) is 1. The molecular formula is C23H28N2O2S. The minimum absolute atomic E-state index is 0.00890. The summed E-state index contributed by atoms with van der Waals surface area (Å²) in [7, 11) is 0. The number of allylic oxidation sites excluding steroid dienone is 6. The van der Waals surface area contributed by atoms with Gasteiger partial charge < -0.3 is 10.1 Å². The van der Waals surface area contributed by atoms with Crippen molar-refractivity contribution >= 4 is 33.1 Å². The molecule has 0 saturated carbocycles. The van der Waals surface area contributed by atoms with Crippen LogP contribution in [-0.4, -0.2) is 17.5 Å². The molecule has 0 bridgehead atoms. The highest BCUT2D eigenvalue weighted by Gasteiger charge is 2.03. The highest BCUT2D eigenvalue weighted by molar-refractivity contribution is 7.16. The Bertz CT molecular complexity index is 849. The van der Waals surface area contributed by atoms with Crippen molar-refractivity contribution in [1.29, 1.82) is 0 Å². The first-order valence-corrected chi connectivity index (χ1v) is 10.5. The van der Waals surface area contributed by atoms with Crippen LogP contribution in [0.4, 0.5) is 5.69 Å². The molecule has 5 heteroatoms. The number of carbonyl (C=O) groups excluding carboxylic acids is 1. The van der Waals surface area contributed by atoms with Crippen LogP contribution in [-0.2, 0) is 9.53 Å². The molecule has 148 valence electrons. The van der Waals surface area contributed by atoms with Crippen LogP contribution in [0.2, 0.25) is 0 Å². The predicted molar refractivity (Wildman–Crippen MR) is 120 cm³/mol. The Balaban J connectivity index is 1.70. The third-order valence-electron chi connectivity index (χ3n) is 3.89. The summed E-state index contributed by atoms with van der Waals surface area (Å²) in [5.41, 5.74) is 3.58. The van der Waals surface area contributed by atoms with Crippen LogP contribution in [0.1, 0.15) is 39.0 Å². The highest BCUT2D eigenvalue weighted by atomic mass is 32.1. The summed E-state index contributed by atoms with van der Waals surface area (Å²) >= 11 is 1.57. The van der Waals surface area contributed by atoms with E-state index in [1.54, 1.807) is 11.3 Å². The van der Waals surface area contributed by atoms with Gasteiger partial charge in [-0.3, -0.25) is 4.79 Å². The van der Waals surface area contributed by atoms with Gasteiger partial charge in [0.25, 0.3) is 0 Å². The molecule has 1 heterocycles. The van der Waals surface area contributed by atoms with Gasteiger partial charge in [0.2, 0.25) is 5.91 Å². The zero-order valence-corrected chi connectivity index (χ0v) is 17.2. The van der Waals surface area contributed by atoms with Gasteiger partial charge in [0.15, 0.2) is 0 Å². The van der Waals surface area contributed by atoms with E-state index in [-0.39, 0.29) is 5.91 Å². The lowest BCUT2D eigenvalue weighted by molar-refractivity contribution is -0.116. The molecule has 0 unspecified atom stereocenters. The van der Waals surface area contributed by atoms with E-state index in [1.165, 1.54) is 0 Å². The molecule has 0 aliphatic rings. The van der Waals surface area contributed by atoms with Crippen molar-refractivity contribution in [3.63, 3.8) is 0 Å². The molecule has 1 amide bonds. The second-order valence-electron chi connectivity index (χ2n) is 6.20. The number of amides is 1. The smallest absolute Gasteiger partial charge is 0.224 e. The monoisotopic (exact) mass is 396 g/mol. The SMILES string of the molecule is C=CCCCOC(/C=C\C=C\CCC(=O)Nc1ccc2ncsc2c1)=C/CC. The van der Waals surface area contributed by atoms with Gasteiger partial charge in [-0.15, -0.1) is 17.9 Å². The van der Waals surface area contributed by atoms with Crippen LogP contribution in [0.5, 0.6) is 0 Å². The van der Waals surface area contributed by atoms with Gasteiger partial charge in [-0.2, -0.15) is 0 Å². The van der Waals surface area contributed by atoms with Crippen molar-refractivity contribution in [3.05, 3.63) is 72.5 Å². The van der Waals surface area contributed by atoms with Crippen LogP contribution in [0.3, 0.4) is 0 Å². The third-order valence-corrected chi connectivity index (χ3v) is 4.68. The highest BCUT2D eigenvalue weighted by Crippen LogP contribution is 2.21. The minimum Gasteiger partial charge on any atom is -0.494 e. The van der Waals surface area contributed by atoms with Gasteiger partial charge in [0.1, 0.15) is 5.76 Å².